The first-order valence-electron chi connectivity index (χ1n) is 7.57. The molecule has 0 amide bonds. The van der Waals surface area contributed by atoms with Crippen LogP contribution in [0.4, 0.5) is 0 Å². The van der Waals surface area contributed by atoms with Crippen molar-refractivity contribution in [1.82, 2.24) is 0 Å². The van der Waals surface area contributed by atoms with Gasteiger partial charge in [0.05, 0.1) is 20.1 Å². The molecule has 0 bridgehead atoms. The highest BCUT2D eigenvalue weighted by atomic mass is 16.5. The third-order valence-corrected chi connectivity index (χ3v) is 3.21. The van der Waals surface area contributed by atoms with Crippen LogP contribution in [0.2, 0.25) is 0 Å². The minimum Gasteiger partial charge on any atom is -0.469 e. The maximum atomic E-state index is 11.9. The van der Waals surface area contributed by atoms with Gasteiger partial charge in [0.15, 0.2) is 0 Å². The molecule has 0 spiro atoms. The fourth-order valence-electron chi connectivity index (χ4n) is 1.87. The highest BCUT2D eigenvalue weighted by Crippen LogP contribution is 2.16. The molecule has 0 fully saturated rings. The monoisotopic (exact) mass is 334 g/mol. The van der Waals surface area contributed by atoms with E-state index >= 15 is 0 Å². The predicted molar refractivity (Wildman–Crippen MR) is 87.2 cm³/mol. The summed E-state index contributed by atoms with van der Waals surface area (Å²) in [6.07, 6.45) is 0.490. The molecule has 6 nitrogen and oxygen atoms in total. The number of hydrogen-bond donors (Lipinski definition) is 0. The largest absolute Gasteiger partial charge is 0.469 e. The van der Waals surface area contributed by atoms with Crippen molar-refractivity contribution in [3.05, 3.63) is 42.5 Å². The first-order chi connectivity index (χ1) is 11.4. The van der Waals surface area contributed by atoms with Crippen molar-refractivity contribution in [2.75, 3.05) is 13.7 Å². The van der Waals surface area contributed by atoms with Gasteiger partial charge in [0, 0.05) is 17.9 Å². The summed E-state index contributed by atoms with van der Waals surface area (Å²) in [5, 5.41) is 0. The average Bonchev–Trinajstić information content (AvgIpc) is 2.57. The summed E-state index contributed by atoms with van der Waals surface area (Å²) in [5.41, 5.74) is 0.273. The van der Waals surface area contributed by atoms with Gasteiger partial charge in [-0.3, -0.25) is 9.59 Å². The normalized spacial score (nSPS) is 11.2. The van der Waals surface area contributed by atoms with Crippen LogP contribution in [0.15, 0.2) is 42.5 Å². The third-order valence-electron chi connectivity index (χ3n) is 3.21. The smallest absolute Gasteiger partial charge is 0.333 e. The van der Waals surface area contributed by atoms with E-state index in [2.05, 4.69) is 11.3 Å². The minimum atomic E-state index is -0.531. The Labute approximate surface area is 141 Å². The van der Waals surface area contributed by atoms with E-state index in [0.29, 0.717) is 12.2 Å². The van der Waals surface area contributed by atoms with E-state index in [1.54, 1.807) is 24.3 Å². The number of ether oxygens (including phenoxy) is 3. The molecule has 0 aliphatic rings. The number of carbonyl (C=O) groups excluding carboxylic acids is 3. The molecular weight excluding hydrogens is 312 g/mol. The Bertz CT molecular complexity index is 578. The van der Waals surface area contributed by atoms with Crippen LogP contribution >= 0.6 is 0 Å². The molecule has 1 unspecified atom stereocenters. The summed E-state index contributed by atoms with van der Waals surface area (Å²) in [5.74, 6) is -1.24. The maximum Gasteiger partial charge on any atom is 0.333 e. The number of carbonyl (C=O) groups is 3. The molecule has 0 aliphatic heterocycles. The van der Waals surface area contributed by atoms with Gasteiger partial charge < -0.3 is 14.2 Å². The van der Waals surface area contributed by atoms with Crippen LogP contribution in [0.5, 0.6) is 5.75 Å². The van der Waals surface area contributed by atoms with E-state index in [-0.39, 0.29) is 30.9 Å². The van der Waals surface area contributed by atoms with E-state index in [4.69, 9.17) is 9.47 Å². The molecule has 0 radical (unpaired) electrons. The lowest BCUT2D eigenvalue weighted by Gasteiger charge is -2.15. The van der Waals surface area contributed by atoms with Gasteiger partial charge >= 0.3 is 17.9 Å². The fourth-order valence-corrected chi connectivity index (χ4v) is 1.87. The number of para-hydroxylation sites is 1. The maximum absolute atomic E-state index is 11.9. The molecule has 0 saturated heterocycles. The predicted octanol–water partition coefficient (Wildman–Crippen LogP) is 2.67. The van der Waals surface area contributed by atoms with Gasteiger partial charge in [0.2, 0.25) is 0 Å². The Morgan fingerprint density at radius 1 is 1.12 bits per heavy atom. The molecule has 0 heterocycles. The Kier molecular flexibility index (Phi) is 8.25. The second-order valence-corrected chi connectivity index (χ2v) is 5.35. The molecule has 0 N–H and O–H groups in total. The van der Waals surface area contributed by atoms with Gasteiger partial charge in [-0.15, -0.1) is 0 Å². The number of esters is 3. The highest BCUT2D eigenvalue weighted by Gasteiger charge is 2.19. The molecular formula is C18H22O6. The quantitative estimate of drug-likeness (QED) is 0.392. The summed E-state index contributed by atoms with van der Waals surface area (Å²) in [7, 11) is 1.28. The summed E-state index contributed by atoms with van der Waals surface area (Å²) >= 11 is 0. The van der Waals surface area contributed by atoms with Gasteiger partial charge in [-0.1, -0.05) is 24.8 Å². The van der Waals surface area contributed by atoms with Crippen molar-refractivity contribution in [3.63, 3.8) is 0 Å². The first-order valence-corrected chi connectivity index (χ1v) is 7.57. The van der Waals surface area contributed by atoms with Crippen LogP contribution in [0.3, 0.4) is 0 Å². The first kappa shape index (κ1) is 19.4. The zero-order chi connectivity index (χ0) is 17.9. The standard InChI is InChI=1S/C18H22O6/c1-13(2)18(21)23-12-14(11-17(20)22-3)9-10-16(19)24-15-7-5-4-6-8-15/h4-8,14H,1,9-12H2,2-3H3. The van der Waals surface area contributed by atoms with Crippen LogP contribution in [0.25, 0.3) is 0 Å². The van der Waals surface area contributed by atoms with Crippen molar-refractivity contribution in [2.24, 2.45) is 5.92 Å². The van der Waals surface area contributed by atoms with Gasteiger partial charge in [-0.25, -0.2) is 4.79 Å². The number of hydrogen-bond acceptors (Lipinski definition) is 6. The van der Waals surface area contributed by atoms with Gasteiger partial charge in [-0.2, -0.15) is 0 Å². The molecule has 1 aromatic rings. The van der Waals surface area contributed by atoms with Crippen LogP contribution in [0.1, 0.15) is 26.2 Å². The molecule has 0 aliphatic carbocycles. The second kappa shape index (κ2) is 10.2. The zero-order valence-corrected chi connectivity index (χ0v) is 13.9. The Hall–Kier alpha value is -2.63. The van der Waals surface area contributed by atoms with Crippen LogP contribution in [-0.4, -0.2) is 31.6 Å². The SMILES string of the molecule is C=C(C)C(=O)OCC(CCC(=O)Oc1ccccc1)CC(=O)OC. The van der Waals surface area contributed by atoms with E-state index < -0.39 is 17.9 Å². The third kappa shape index (κ3) is 7.58. The zero-order valence-electron chi connectivity index (χ0n) is 13.9. The molecule has 6 heteroatoms. The van der Waals surface area contributed by atoms with Gasteiger partial charge in [0.1, 0.15) is 5.75 Å². The molecule has 0 saturated carbocycles. The number of rotatable bonds is 9. The minimum absolute atomic E-state index is 0.0133. The highest BCUT2D eigenvalue weighted by molar-refractivity contribution is 5.86. The average molecular weight is 334 g/mol. The van der Waals surface area contributed by atoms with Crippen LogP contribution in [0, 0.1) is 5.92 Å². The van der Waals surface area contributed by atoms with Crippen LogP contribution in [-0.2, 0) is 23.9 Å². The van der Waals surface area contributed by atoms with Crippen molar-refractivity contribution in [3.8, 4) is 5.75 Å². The summed E-state index contributed by atoms with van der Waals surface area (Å²) < 4.78 is 14.9. The van der Waals surface area contributed by atoms with Crippen molar-refractivity contribution < 1.29 is 28.6 Å². The topological polar surface area (TPSA) is 78.9 Å². The van der Waals surface area contributed by atoms with Crippen molar-refractivity contribution in [2.45, 2.75) is 26.2 Å². The Morgan fingerprint density at radius 2 is 1.79 bits per heavy atom. The van der Waals surface area contributed by atoms with E-state index in [1.807, 2.05) is 6.07 Å². The Morgan fingerprint density at radius 3 is 2.38 bits per heavy atom. The number of methoxy groups -OCH3 is 1. The molecule has 1 atom stereocenters. The lowest BCUT2D eigenvalue weighted by atomic mass is 10.0. The molecule has 130 valence electrons. The van der Waals surface area contributed by atoms with Gasteiger partial charge in [0.25, 0.3) is 0 Å². The van der Waals surface area contributed by atoms with Crippen molar-refractivity contribution in [1.29, 1.82) is 0 Å². The molecule has 1 rings (SSSR count). The van der Waals surface area contributed by atoms with E-state index in [0.717, 1.165) is 0 Å². The summed E-state index contributed by atoms with van der Waals surface area (Å²) in [6, 6.07) is 8.70. The summed E-state index contributed by atoms with van der Waals surface area (Å²) in [6.45, 7) is 5.04. The van der Waals surface area contributed by atoms with Gasteiger partial charge in [-0.05, 0) is 25.5 Å². The Balaban J connectivity index is 2.50. The van der Waals surface area contributed by atoms with Crippen LogP contribution < -0.4 is 4.74 Å². The van der Waals surface area contributed by atoms with Crippen molar-refractivity contribution >= 4 is 17.9 Å². The molecule has 0 aromatic heterocycles. The fraction of sp³-hybridized carbons (Fsp3) is 0.389. The molecule has 24 heavy (non-hydrogen) atoms. The summed E-state index contributed by atoms with van der Waals surface area (Å²) in [4.78, 5) is 34.8. The second-order valence-electron chi connectivity index (χ2n) is 5.35. The lowest BCUT2D eigenvalue weighted by molar-refractivity contribution is -0.146. The molecule has 1 aromatic carbocycles. The van der Waals surface area contributed by atoms with E-state index in [9.17, 15) is 14.4 Å². The van der Waals surface area contributed by atoms with E-state index in [1.165, 1.54) is 14.0 Å². The number of benzene rings is 1. The lowest BCUT2D eigenvalue weighted by Crippen LogP contribution is -2.20.